The SMILES string of the molecule is CS(=O)(=O)c1ccc(-c2ccccc2)c(C(=O)N2CCN(c3ccnc4c3ccn4S(C)(=O)=O)CC2)c1. The van der Waals surface area contributed by atoms with Crippen LogP contribution in [0.15, 0.2) is 78.0 Å². The minimum Gasteiger partial charge on any atom is -0.367 e. The number of nitrogens with zero attached hydrogens (tertiary/aromatic N) is 4. The zero-order valence-electron chi connectivity index (χ0n) is 20.4. The summed E-state index contributed by atoms with van der Waals surface area (Å²) in [5.74, 6) is -0.230. The largest absolute Gasteiger partial charge is 0.367 e. The molecule has 37 heavy (non-hydrogen) atoms. The molecule has 1 aliphatic heterocycles. The number of piperazine rings is 1. The second-order valence-electron chi connectivity index (χ2n) is 9.07. The second kappa shape index (κ2) is 9.31. The fourth-order valence-electron chi connectivity index (χ4n) is 4.67. The molecule has 0 radical (unpaired) electrons. The lowest BCUT2D eigenvalue weighted by Gasteiger charge is -2.36. The number of hydrogen-bond donors (Lipinski definition) is 0. The fourth-order valence-corrected chi connectivity index (χ4v) is 6.05. The van der Waals surface area contributed by atoms with Crippen LogP contribution in [0, 0.1) is 0 Å². The topological polar surface area (TPSA) is 110 Å². The van der Waals surface area contributed by atoms with Gasteiger partial charge in [-0.15, -0.1) is 0 Å². The summed E-state index contributed by atoms with van der Waals surface area (Å²) in [5, 5.41) is 0.722. The lowest BCUT2D eigenvalue weighted by atomic mass is 9.98. The molecular formula is C26H26N4O5S2. The molecule has 1 fully saturated rings. The van der Waals surface area contributed by atoms with Gasteiger partial charge in [0.2, 0.25) is 10.0 Å². The summed E-state index contributed by atoms with van der Waals surface area (Å²) in [6, 6.07) is 17.7. The van der Waals surface area contributed by atoms with Gasteiger partial charge in [-0.3, -0.25) is 4.79 Å². The lowest BCUT2D eigenvalue weighted by molar-refractivity contribution is 0.0747. The van der Waals surface area contributed by atoms with Crippen LogP contribution < -0.4 is 4.90 Å². The van der Waals surface area contributed by atoms with Crippen LogP contribution in [-0.2, 0) is 19.9 Å². The van der Waals surface area contributed by atoms with Gasteiger partial charge in [0.1, 0.15) is 0 Å². The molecule has 0 aliphatic carbocycles. The Labute approximate surface area is 215 Å². The zero-order valence-corrected chi connectivity index (χ0v) is 22.0. The van der Waals surface area contributed by atoms with E-state index >= 15 is 0 Å². The predicted octanol–water partition coefficient (Wildman–Crippen LogP) is 2.88. The van der Waals surface area contributed by atoms with Crippen LogP contribution in [0.3, 0.4) is 0 Å². The molecule has 4 aromatic rings. The zero-order chi connectivity index (χ0) is 26.4. The standard InChI is InChI=1S/C26H26N4O5S2/c1-36(32,33)20-8-9-21(19-6-4-3-5-7-19)23(18-20)26(31)29-16-14-28(15-17-29)24-10-12-27-25-22(24)11-13-30(25)37(2,34)35/h3-13,18H,14-17H2,1-2H3. The number of rotatable bonds is 5. The fraction of sp³-hybridized carbons (Fsp3) is 0.231. The number of aromatic nitrogens is 2. The average Bonchev–Trinajstić information content (AvgIpc) is 3.33. The molecule has 1 aliphatic rings. The Kier molecular flexibility index (Phi) is 6.28. The summed E-state index contributed by atoms with van der Waals surface area (Å²) in [7, 11) is -6.98. The number of fused-ring (bicyclic) bond motifs is 1. The molecule has 5 rings (SSSR count). The Morgan fingerprint density at radius 3 is 2.22 bits per heavy atom. The first-order valence-electron chi connectivity index (χ1n) is 11.6. The van der Waals surface area contributed by atoms with Crippen LogP contribution in [0.1, 0.15) is 10.4 Å². The van der Waals surface area contributed by atoms with Crippen LogP contribution in [-0.4, -0.2) is 75.3 Å². The number of pyridine rings is 1. The Morgan fingerprint density at radius 1 is 0.865 bits per heavy atom. The Morgan fingerprint density at radius 2 is 1.57 bits per heavy atom. The third-order valence-electron chi connectivity index (χ3n) is 6.53. The molecular weight excluding hydrogens is 512 g/mol. The van der Waals surface area contributed by atoms with Crippen LogP contribution in [0.4, 0.5) is 5.69 Å². The summed E-state index contributed by atoms with van der Waals surface area (Å²) < 4.78 is 49.8. The van der Waals surface area contributed by atoms with Crippen LogP contribution >= 0.6 is 0 Å². The van der Waals surface area contributed by atoms with Crippen LogP contribution in [0.25, 0.3) is 22.2 Å². The first-order valence-corrected chi connectivity index (χ1v) is 15.4. The lowest BCUT2D eigenvalue weighted by Crippen LogP contribution is -2.49. The molecule has 0 N–H and O–H groups in total. The molecule has 2 aromatic carbocycles. The maximum absolute atomic E-state index is 13.7. The van der Waals surface area contributed by atoms with Gasteiger partial charge in [0.25, 0.3) is 5.91 Å². The first kappa shape index (κ1) is 25.0. The number of benzene rings is 2. The maximum Gasteiger partial charge on any atom is 0.254 e. The highest BCUT2D eigenvalue weighted by atomic mass is 32.2. The number of hydrogen-bond acceptors (Lipinski definition) is 7. The van der Waals surface area contributed by atoms with Gasteiger partial charge >= 0.3 is 0 Å². The molecule has 0 atom stereocenters. The van der Waals surface area contributed by atoms with E-state index in [0.717, 1.165) is 33.1 Å². The van der Waals surface area contributed by atoms with Gasteiger partial charge in [0.15, 0.2) is 15.5 Å². The molecule has 2 aromatic heterocycles. The van der Waals surface area contributed by atoms with Gasteiger partial charge in [-0.05, 0) is 35.4 Å². The van der Waals surface area contributed by atoms with E-state index in [9.17, 15) is 21.6 Å². The van der Waals surface area contributed by atoms with Crippen molar-refractivity contribution in [2.45, 2.75) is 4.90 Å². The number of carbonyl (C=O) groups excluding carboxylic acids is 1. The summed E-state index contributed by atoms with van der Waals surface area (Å²) in [6.45, 7) is 1.90. The van der Waals surface area contributed by atoms with E-state index in [-0.39, 0.29) is 10.8 Å². The Balaban J connectivity index is 1.43. The predicted molar refractivity (Wildman–Crippen MR) is 143 cm³/mol. The van der Waals surface area contributed by atoms with E-state index < -0.39 is 19.9 Å². The van der Waals surface area contributed by atoms with E-state index in [4.69, 9.17) is 0 Å². The molecule has 192 valence electrons. The third kappa shape index (κ3) is 4.84. The van der Waals surface area contributed by atoms with Gasteiger partial charge < -0.3 is 9.80 Å². The number of carbonyl (C=O) groups is 1. The van der Waals surface area contributed by atoms with Gasteiger partial charge in [0.05, 0.1) is 11.2 Å². The normalized spacial score (nSPS) is 14.8. The smallest absolute Gasteiger partial charge is 0.254 e. The minimum absolute atomic E-state index is 0.101. The van der Waals surface area contributed by atoms with E-state index in [1.165, 1.54) is 18.3 Å². The summed E-state index contributed by atoms with van der Waals surface area (Å²) in [5.41, 5.74) is 3.07. The maximum atomic E-state index is 13.7. The van der Waals surface area contributed by atoms with E-state index in [0.29, 0.717) is 43.0 Å². The van der Waals surface area contributed by atoms with Crippen molar-refractivity contribution in [1.82, 2.24) is 13.9 Å². The summed E-state index contributed by atoms with van der Waals surface area (Å²) in [4.78, 5) is 21.9. The highest BCUT2D eigenvalue weighted by Gasteiger charge is 2.27. The van der Waals surface area contributed by atoms with Gasteiger partial charge in [0, 0.05) is 61.5 Å². The van der Waals surface area contributed by atoms with Gasteiger partial charge in [-0.1, -0.05) is 36.4 Å². The molecule has 3 heterocycles. The van der Waals surface area contributed by atoms with Crippen molar-refractivity contribution in [2.75, 3.05) is 43.6 Å². The van der Waals surface area contributed by atoms with Crippen molar-refractivity contribution in [3.63, 3.8) is 0 Å². The highest BCUT2D eigenvalue weighted by molar-refractivity contribution is 7.90. The number of sulfone groups is 1. The molecule has 11 heteroatoms. The molecule has 0 bridgehead atoms. The van der Waals surface area contributed by atoms with Crippen molar-refractivity contribution in [3.8, 4) is 11.1 Å². The molecule has 1 saturated heterocycles. The van der Waals surface area contributed by atoms with E-state index in [1.807, 2.05) is 36.4 Å². The molecule has 1 amide bonds. The number of amides is 1. The van der Waals surface area contributed by atoms with Crippen molar-refractivity contribution in [2.24, 2.45) is 0 Å². The quantitative estimate of drug-likeness (QED) is 0.384. The van der Waals surface area contributed by atoms with Gasteiger partial charge in [-0.2, -0.15) is 0 Å². The summed E-state index contributed by atoms with van der Waals surface area (Å²) in [6.07, 6.45) is 5.34. The van der Waals surface area contributed by atoms with Crippen molar-refractivity contribution >= 4 is 42.5 Å². The molecule has 0 spiro atoms. The molecule has 0 saturated carbocycles. The highest BCUT2D eigenvalue weighted by Crippen LogP contribution is 2.30. The monoisotopic (exact) mass is 538 g/mol. The van der Waals surface area contributed by atoms with Gasteiger partial charge in [-0.25, -0.2) is 25.8 Å². The number of anilines is 1. The Bertz CT molecular complexity index is 1710. The second-order valence-corrected chi connectivity index (χ2v) is 12.9. The van der Waals surface area contributed by atoms with Crippen LogP contribution in [0.2, 0.25) is 0 Å². The molecule has 9 nitrogen and oxygen atoms in total. The van der Waals surface area contributed by atoms with Crippen molar-refractivity contribution in [3.05, 3.63) is 78.6 Å². The molecule has 0 unspecified atom stereocenters. The average molecular weight is 539 g/mol. The minimum atomic E-state index is -3.49. The third-order valence-corrected chi connectivity index (χ3v) is 8.65. The van der Waals surface area contributed by atoms with E-state index in [2.05, 4.69) is 9.88 Å². The van der Waals surface area contributed by atoms with Crippen molar-refractivity contribution in [1.29, 1.82) is 0 Å². The summed E-state index contributed by atoms with van der Waals surface area (Å²) >= 11 is 0. The Hall–Kier alpha value is -3.70. The van der Waals surface area contributed by atoms with Crippen molar-refractivity contribution < 1.29 is 21.6 Å². The first-order chi connectivity index (χ1) is 17.5. The van der Waals surface area contributed by atoms with E-state index in [1.54, 1.807) is 23.2 Å². The van der Waals surface area contributed by atoms with Crippen LogP contribution in [0.5, 0.6) is 0 Å².